The molecule has 3 N–H and O–H groups in total. The lowest BCUT2D eigenvalue weighted by Crippen LogP contribution is -2.38. The third-order valence-corrected chi connectivity index (χ3v) is 3.24. The maximum Gasteiger partial charge on any atom is 0.144 e. The lowest BCUT2D eigenvalue weighted by atomic mass is 10.1. The van der Waals surface area contributed by atoms with Gasteiger partial charge >= 0.3 is 0 Å². The van der Waals surface area contributed by atoms with Crippen molar-refractivity contribution >= 4 is 11.4 Å². The van der Waals surface area contributed by atoms with Crippen molar-refractivity contribution in [2.45, 2.75) is 32.3 Å². The van der Waals surface area contributed by atoms with Crippen molar-refractivity contribution in [3.63, 3.8) is 0 Å². The number of ether oxygens (including phenoxy) is 1. The van der Waals surface area contributed by atoms with Gasteiger partial charge in [-0.3, -0.25) is 0 Å². The molecule has 1 saturated heterocycles. The number of β-amino-alcohol motifs (C(OH)–C–C–N with tert-alkyl or cyclic N) is 1. The fourth-order valence-corrected chi connectivity index (χ4v) is 2.32. The first-order chi connectivity index (χ1) is 8.72. The molecule has 2 rings (SSSR count). The van der Waals surface area contributed by atoms with Crippen LogP contribution >= 0.6 is 0 Å². The standard InChI is InChI=1S/C14H22N2O2/c1-2-9-18-13-7-3-6-12(14(13)15)16-8-4-5-11(17)10-16/h3,6-7,11,17H,2,4-5,8-10,15H2,1H3. The molecule has 0 amide bonds. The predicted molar refractivity (Wildman–Crippen MR) is 74.1 cm³/mol. The van der Waals surface area contributed by atoms with E-state index in [0.29, 0.717) is 18.8 Å². The molecule has 1 heterocycles. The summed E-state index contributed by atoms with van der Waals surface area (Å²) >= 11 is 0. The van der Waals surface area contributed by atoms with Gasteiger partial charge in [0.2, 0.25) is 0 Å². The second-order valence-electron chi connectivity index (χ2n) is 4.78. The minimum atomic E-state index is -0.252. The minimum absolute atomic E-state index is 0.252. The lowest BCUT2D eigenvalue weighted by molar-refractivity contribution is 0.154. The largest absolute Gasteiger partial charge is 0.491 e. The first-order valence-electron chi connectivity index (χ1n) is 6.66. The molecule has 1 aliphatic heterocycles. The van der Waals surface area contributed by atoms with Crippen LogP contribution in [0, 0.1) is 0 Å². The molecule has 0 spiro atoms. The number of nitrogen functional groups attached to an aromatic ring is 1. The van der Waals surface area contributed by atoms with E-state index < -0.39 is 0 Å². The highest BCUT2D eigenvalue weighted by molar-refractivity contribution is 5.74. The molecule has 0 saturated carbocycles. The predicted octanol–water partition coefficient (Wildman–Crippen LogP) is 2.02. The molecule has 18 heavy (non-hydrogen) atoms. The number of nitrogens with two attached hydrogens (primary N) is 1. The molecule has 1 fully saturated rings. The number of aliphatic hydroxyl groups is 1. The number of hydrogen-bond acceptors (Lipinski definition) is 4. The molecule has 0 bridgehead atoms. The van der Waals surface area contributed by atoms with E-state index in [1.165, 1.54) is 0 Å². The van der Waals surface area contributed by atoms with E-state index in [-0.39, 0.29) is 6.10 Å². The van der Waals surface area contributed by atoms with E-state index in [0.717, 1.165) is 37.2 Å². The maximum atomic E-state index is 9.73. The molecule has 1 aromatic carbocycles. The van der Waals surface area contributed by atoms with Crippen LogP contribution in [-0.2, 0) is 0 Å². The van der Waals surface area contributed by atoms with Gasteiger partial charge in [-0.2, -0.15) is 0 Å². The zero-order valence-corrected chi connectivity index (χ0v) is 10.9. The molecule has 1 atom stereocenters. The summed E-state index contributed by atoms with van der Waals surface area (Å²) in [5.74, 6) is 0.745. The van der Waals surface area contributed by atoms with Crippen molar-refractivity contribution < 1.29 is 9.84 Å². The van der Waals surface area contributed by atoms with Gasteiger partial charge in [0.05, 0.1) is 24.1 Å². The fraction of sp³-hybridized carbons (Fsp3) is 0.571. The summed E-state index contributed by atoms with van der Waals surface area (Å²) < 4.78 is 5.63. The molecule has 1 aliphatic rings. The molecule has 4 heteroatoms. The number of piperidine rings is 1. The molecular formula is C14H22N2O2. The Morgan fingerprint density at radius 2 is 2.33 bits per heavy atom. The number of hydrogen-bond donors (Lipinski definition) is 2. The summed E-state index contributed by atoms with van der Waals surface area (Å²) in [6.07, 6.45) is 2.59. The number of benzene rings is 1. The average Bonchev–Trinajstić information content (AvgIpc) is 2.37. The van der Waals surface area contributed by atoms with Crippen LogP contribution in [-0.4, -0.2) is 30.9 Å². The van der Waals surface area contributed by atoms with Gasteiger partial charge in [-0.05, 0) is 31.4 Å². The van der Waals surface area contributed by atoms with Crippen molar-refractivity contribution in [3.05, 3.63) is 18.2 Å². The van der Waals surface area contributed by atoms with E-state index in [9.17, 15) is 5.11 Å². The van der Waals surface area contributed by atoms with E-state index >= 15 is 0 Å². The maximum absolute atomic E-state index is 9.73. The molecule has 1 unspecified atom stereocenters. The van der Waals surface area contributed by atoms with Gasteiger partial charge in [-0.15, -0.1) is 0 Å². The van der Waals surface area contributed by atoms with Gasteiger partial charge in [0.1, 0.15) is 5.75 Å². The lowest BCUT2D eigenvalue weighted by Gasteiger charge is -2.33. The van der Waals surface area contributed by atoms with Gasteiger partial charge in [0.15, 0.2) is 0 Å². The summed E-state index contributed by atoms with van der Waals surface area (Å²) in [7, 11) is 0. The summed E-state index contributed by atoms with van der Waals surface area (Å²) in [6, 6.07) is 5.85. The first-order valence-corrected chi connectivity index (χ1v) is 6.66. The van der Waals surface area contributed by atoms with Crippen molar-refractivity contribution in [3.8, 4) is 5.75 Å². The highest BCUT2D eigenvalue weighted by Crippen LogP contribution is 2.33. The number of aliphatic hydroxyl groups excluding tert-OH is 1. The number of anilines is 2. The molecule has 0 aliphatic carbocycles. The number of rotatable bonds is 4. The zero-order chi connectivity index (χ0) is 13.0. The Labute approximate surface area is 108 Å². The van der Waals surface area contributed by atoms with Gasteiger partial charge < -0.3 is 20.5 Å². The molecule has 100 valence electrons. The number of para-hydroxylation sites is 1. The second kappa shape index (κ2) is 5.96. The smallest absolute Gasteiger partial charge is 0.144 e. The van der Waals surface area contributed by atoms with Crippen LogP contribution in [0.3, 0.4) is 0 Å². The highest BCUT2D eigenvalue weighted by Gasteiger charge is 2.20. The Kier molecular flexibility index (Phi) is 4.31. The van der Waals surface area contributed by atoms with E-state index in [4.69, 9.17) is 10.5 Å². The van der Waals surface area contributed by atoms with Gasteiger partial charge in [0, 0.05) is 13.1 Å². The van der Waals surface area contributed by atoms with Crippen LogP contribution in [0.4, 0.5) is 11.4 Å². The Balaban J connectivity index is 2.16. The average molecular weight is 250 g/mol. The third-order valence-electron chi connectivity index (χ3n) is 3.24. The SMILES string of the molecule is CCCOc1cccc(N2CCCC(O)C2)c1N. The van der Waals surface area contributed by atoms with Crippen LogP contribution in [0.15, 0.2) is 18.2 Å². The van der Waals surface area contributed by atoms with Gasteiger partial charge in [-0.25, -0.2) is 0 Å². The molecule has 0 radical (unpaired) electrons. The van der Waals surface area contributed by atoms with Crippen LogP contribution in [0.2, 0.25) is 0 Å². The van der Waals surface area contributed by atoms with Crippen LogP contribution in [0.5, 0.6) is 5.75 Å². The first kappa shape index (κ1) is 13.0. The second-order valence-corrected chi connectivity index (χ2v) is 4.78. The molecule has 4 nitrogen and oxygen atoms in total. The Morgan fingerprint density at radius 1 is 1.50 bits per heavy atom. The Hall–Kier alpha value is -1.42. The van der Waals surface area contributed by atoms with Gasteiger partial charge in [-0.1, -0.05) is 13.0 Å². The summed E-state index contributed by atoms with van der Waals surface area (Å²) in [6.45, 7) is 4.34. The topological polar surface area (TPSA) is 58.7 Å². The number of nitrogens with zero attached hydrogens (tertiary/aromatic N) is 1. The molecular weight excluding hydrogens is 228 g/mol. The summed E-state index contributed by atoms with van der Waals surface area (Å²) in [5.41, 5.74) is 7.81. The van der Waals surface area contributed by atoms with Crippen molar-refractivity contribution in [1.29, 1.82) is 0 Å². The zero-order valence-electron chi connectivity index (χ0n) is 10.9. The van der Waals surface area contributed by atoms with Crippen molar-refractivity contribution in [2.75, 3.05) is 30.3 Å². The van der Waals surface area contributed by atoms with E-state index in [1.54, 1.807) is 0 Å². The minimum Gasteiger partial charge on any atom is -0.491 e. The van der Waals surface area contributed by atoms with Crippen molar-refractivity contribution in [2.24, 2.45) is 0 Å². The Morgan fingerprint density at radius 3 is 3.06 bits per heavy atom. The molecule has 0 aromatic heterocycles. The highest BCUT2D eigenvalue weighted by atomic mass is 16.5. The van der Waals surface area contributed by atoms with Crippen LogP contribution < -0.4 is 15.4 Å². The normalized spacial score (nSPS) is 19.9. The van der Waals surface area contributed by atoms with Gasteiger partial charge in [0.25, 0.3) is 0 Å². The third kappa shape index (κ3) is 2.88. The summed E-state index contributed by atoms with van der Waals surface area (Å²) in [4.78, 5) is 2.14. The van der Waals surface area contributed by atoms with Crippen LogP contribution in [0.1, 0.15) is 26.2 Å². The quantitative estimate of drug-likeness (QED) is 0.803. The van der Waals surface area contributed by atoms with E-state index in [1.807, 2.05) is 18.2 Å². The Bertz CT molecular complexity index is 395. The summed E-state index contributed by atoms with van der Waals surface area (Å²) in [5, 5.41) is 9.73. The van der Waals surface area contributed by atoms with E-state index in [2.05, 4.69) is 11.8 Å². The van der Waals surface area contributed by atoms with Crippen LogP contribution in [0.25, 0.3) is 0 Å². The fourth-order valence-electron chi connectivity index (χ4n) is 2.32. The molecule has 1 aromatic rings. The monoisotopic (exact) mass is 250 g/mol. The van der Waals surface area contributed by atoms with Crippen molar-refractivity contribution in [1.82, 2.24) is 0 Å².